The first-order valence-corrected chi connectivity index (χ1v) is 6.76. The molecule has 1 aromatic carbocycles. The number of carbonyl (C=O) groups excluding carboxylic acids is 1. The van der Waals surface area contributed by atoms with Gasteiger partial charge >= 0.3 is 0 Å². The van der Waals surface area contributed by atoms with Crippen molar-refractivity contribution in [2.24, 2.45) is 0 Å². The Balaban J connectivity index is 2.89. The molecule has 1 amide bonds. The number of rotatable bonds is 4. The Morgan fingerprint density at radius 1 is 1.50 bits per heavy atom. The maximum Gasteiger partial charge on any atom is 0.251 e. The second kappa shape index (κ2) is 5.94. The summed E-state index contributed by atoms with van der Waals surface area (Å²) in [5.41, 5.74) is 1.81. The van der Waals surface area contributed by atoms with Crippen LogP contribution in [0, 0.1) is 6.92 Å². The zero-order valence-electron chi connectivity index (χ0n) is 10.3. The van der Waals surface area contributed by atoms with E-state index in [1.54, 1.807) is 11.8 Å². The molecular weight excluding hydrogens is 218 g/mol. The van der Waals surface area contributed by atoms with E-state index in [0.29, 0.717) is 0 Å². The van der Waals surface area contributed by atoms with E-state index in [4.69, 9.17) is 0 Å². The van der Waals surface area contributed by atoms with Crippen LogP contribution in [0.2, 0.25) is 0 Å². The molecule has 0 aromatic heterocycles. The van der Waals surface area contributed by atoms with Crippen molar-refractivity contribution in [3.05, 3.63) is 29.3 Å². The monoisotopic (exact) mass is 237 g/mol. The Bertz CT molecular complexity index is 376. The Kier molecular flexibility index (Phi) is 4.87. The van der Waals surface area contributed by atoms with Crippen LogP contribution >= 0.6 is 11.8 Å². The van der Waals surface area contributed by atoms with E-state index in [0.717, 1.165) is 22.4 Å². The van der Waals surface area contributed by atoms with Gasteiger partial charge in [0.15, 0.2) is 0 Å². The van der Waals surface area contributed by atoms with Crippen molar-refractivity contribution in [1.29, 1.82) is 0 Å². The molecule has 0 saturated carbocycles. The van der Waals surface area contributed by atoms with Crippen molar-refractivity contribution in [3.8, 4) is 0 Å². The van der Waals surface area contributed by atoms with Crippen LogP contribution in [0.15, 0.2) is 23.1 Å². The van der Waals surface area contributed by atoms with E-state index in [-0.39, 0.29) is 11.9 Å². The largest absolute Gasteiger partial charge is 0.350 e. The van der Waals surface area contributed by atoms with Crippen LogP contribution in [0.25, 0.3) is 0 Å². The van der Waals surface area contributed by atoms with Gasteiger partial charge < -0.3 is 5.32 Å². The molecule has 3 heteroatoms. The van der Waals surface area contributed by atoms with Crippen LogP contribution < -0.4 is 5.32 Å². The van der Waals surface area contributed by atoms with Crippen LogP contribution in [-0.4, -0.2) is 18.2 Å². The van der Waals surface area contributed by atoms with Gasteiger partial charge in [0, 0.05) is 16.5 Å². The van der Waals surface area contributed by atoms with Gasteiger partial charge in [-0.2, -0.15) is 0 Å². The van der Waals surface area contributed by atoms with Gasteiger partial charge in [-0.1, -0.05) is 13.0 Å². The van der Waals surface area contributed by atoms with Crippen molar-refractivity contribution < 1.29 is 4.79 Å². The number of benzene rings is 1. The Hall–Kier alpha value is -0.960. The van der Waals surface area contributed by atoms with E-state index < -0.39 is 0 Å². The van der Waals surface area contributed by atoms with E-state index in [1.807, 2.05) is 38.3 Å². The maximum atomic E-state index is 12.0. The minimum absolute atomic E-state index is 0.0303. The Morgan fingerprint density at radius 3 is 2.75 bits per heavy atom. The topological polar surface area (TPSA) is 29.1 Å². The Labute approximate surface area is 102 Å². The van der Waals surface area contributed by atoms with Crippen molar-refractivity contribution in [2.75, 3.05) is 6.26 Å². The average molecular weight is 237 g/mol. The number of carbonyl (C=O) groups is 1. The van der Waals surface area contributed by atoms with Crippen LogP contribution in [0.5, 0.6) is 0 Å². The molecule has 0 aliphatic carbocycles. The highest BCUT2D eigenvalue weighted by Crippen LogP contribution is 2.19. The highest BCUT2D eigenvalue weighted by Gasteiger charge is 2.11. The smallest absolute Gasteiger partial charge is 0.251 e. The first-order chi connectivity index (χ1) is 7.58. The van der Waals surface area contributed by atoms with Gasteiger partial charge in [0.1, 0.15) is 0 Å². The van der Waals surface area contributed by atoms with Crippen LogP contribution in [0.4, 0.5) is 0 Å². The van der Waals surface area contributed by atoms with E-state index in [2.05, 4.69) is 12.2 Å². The molecule has 0 fully saturated rings. The van der Waals surface area contributed by atoms with Gasteiger partial charge in [-0.3, -0.25) is 4.79 Å². The lowest BCUT2D eigenvalue weighted by atomic mass is 10.1. The number of amides is 1. The molecule has 0 unspecified atom stereocenters. The highest BCUT2D eigenvalue weighted by molar-refractivity contribution is 7.98. The van der Waals surface area contributed by atoms with Gasteiger partial charge in [-0.15, -0.1) is 11.8 Å². The molecule has 0 bridgehead atoms. The van der Waals surface area contributed by atoms with Gasteiger partial charge in [0.05, 0.1) is 0 Å². The number of hydrogen-bond donors (Lipinski definition) is 1. The zero-order chi connectivity index (χ0) is 12.1. The number of aryl methyl sites for hydroxylation is 1. The van der Waals surface area contributed by atoms with Crippen molar-refractivity contribution >= 4 is 17.7 Å². The van der Waals surface area contributed by atoms with Crippen LogP contribution in [0.1, 0.15) is 36.2 Å². The normalized spacial score (nSPS) is 12.2. The fraction of sp³-hybridized carbons (Fsp3) is 0.462. The van der Waals surface area contributed by atoms with Gasteiger partial charge in [-0.25, -0.2) is 0 Å². The van der Waals surface area contributed by atoms with E-state index in [1.165, 1.54) is 0 Å². The first-order valence-electron chi connectivity index (χ1n) is 5.54. The predicted molar refractivity (Wildman–Crippen MR) is 70.2 cm³/mol. The van der Waals surface area contributed by atoms with Crippen molar-refractivity contribution in [1.82, 2.24) is 5.32 Å². The molecule has 2 nitrogen and oxygen atoms in total. The third-order valence-corrected chi connectivity index (χ3v) is 3.40. The predicted octanol–water partition coefficient (Wildman–Crippen LogP) is 3.25. The molecule has 88 valence electrons. The first kappa shape index (κ1) is 13.1. The number of hydrogen-bond acceptors (Lipinski definition) is 2. The standard InChI is InChI=1S/C13H19NOS/c1-5-10(3)14-13(15)12-8-11(16-4)7-6-9(12)2/h6-8,10H,5H2,1-4H3,(H,14,15)/t10-/m0/s1. The molecule has 0 spiro atoms. The molecule has 1 rings (SSSR count). The van der Waals surface area contributed by atoms with Crippen molar-refractivity contribution in [2.45, 2.75) is 38.1 Å². The molecular formula is C13H19NOS. The summed E-state index contributed by atoms with van der Waals surface area (Å²) in [7, 11) is 0. The van der Waals surface area contributed by atoms with Gasteiger partial charge in [0.2, 0.25) is 0 Å². The second-order valence-electron chi connectivity index (χ2n) is 3.96. The molecule has 16 heavy (non-hydrogen) atoms. The van der Waals surface area contributed by atoms with Gasteiger partial charge in [-0.05, 0) is 44.2 Å². The minimum atomic E-state index is 0.0303. The fourth-order valence-corrected chi connectivity index (χ4v) is 1.82. The molecule has 0 saturated heterocycles. The van der Waals surface area contributed by atoms with E-state index in [9.17, 15) is 4.79 Å². The highest BCUT2D eigenvalue weighted by atomic mass is 32.2. The summed E-state index contributed by atoms with van der Waals surface area (Å²) in [6.07, 6.45) is 2.97. The molecule has 1 N–H and O–H groups in total. The summed E-state index contributed by atoms with van der Waals surface area (Å²) in [5, 5.41) is 2.99. The lowest BCUT2D eigenvalue weighted by molar-refractivity contribution is 0.0938. The van der Waals surface area contributed by atoms with Crippen molar-refractivity contribution in [3.63, 3.8) is 0 Å². The summed E-state index contributed by atoms with van der Waals surface area (Å²) in [4.78, 5) is 13.1. The van der Waals surface area contributed by atoms with Crippen LogP contribution in [-0.2, 0) is 0 Å². The number of thioether (sulfide) groups is 1. The average Bonchev–Trinajstić information content (AvgIpc) is 2.29. The van der Waals surface area contributed by atoms with Crippen LogP contribution in [0.3, 0.4) is 0 Å². The third-order valence-electron chi connectivity index (χ3n) is 2.68. The SMILES string of the molecule is CC[C@H](C)NC(=O)c1cc(SC)ccc1C. The quantitative estimate of drug-likeness (QED) is 0.814. The molecule has 0 radical (unpaired) electrons. The Morgan fingerprint density at radius 2 is 2.19 bits per heavy atom. The molecule has 0 heterocycles. The summed E-state index contributed by atoms with van der Waals surface area (Å²) in [6.45, 7) is 6.05. The summed E-state index contributed by atoms with van der Waals surface area (Å²) in [5.74, 6) is 0.0303. The molecule has 0 aliphatic rings. The second-order valence-corrected chi connectivity index (χ2v) is 4.84. The zero-order valence-corrected chi connectivity index (χ0v) is 11.1. The molecule has 1 aromatic rings. The minimum Gasteiger partial charge on any atom is -0.350 e. The van der Waals surface area contributed by atoms with Gasteiger partial charge in [0.25, 0.3) is 5.91 Å². The molecule has 0 aliphatic heterocycles. The lowest BCUT2D eigenvalue weighted by Gasteiger charge is -2.13. The molecule has 1 atom stereocenters. The maximum absolute atomic E-state index is 12.0. The fourth-order valence-electron chi connectivity index (χ4n) is 1.38. The summed E-state index contributed by atoms with van der Waals surface area (Å²) >= 11 is 1.65. The third kappa shape index (κ3) is 3.27. The lowest BCUT2D eigenvalue weighted by Crippen LogP contribution is -2.32. The number of nitrogens with one attached hydrogen (secondary N) is 1. The summed E-state index contributed by atoms with van der Waals surface area (Å²) < 4.78 is 0. The van der Waals surface area contributed by atoms with E-state index >= 15 is 0 Å². The summed E-state index contributed by atoms with van der Waals surface area (Å²) in [6, 6.07) is 6.22.